The molecule has 0 aliphatic carbocycles. The van der Waals surface area contributed by atoms with E-state index in [-0.39, 0.29) is 5.91 Å². The van der Waals surface area contributed by atoms with E-state index in [1.165, 1.54) is 44.9 Å². The van der Waals surface area contributed by atoms with E-state index >= 15 is 0 Å². The molecule has 2 aromatic rings. The number of halogens is 1. The first-order valence-corrected chi connectivity index (χ1v) is 11.9. The van der Waals surface area contributed by atoms with Crippen LogP contribution in [0.1, 0.15) is 87.1 Å². The summed E-state index contributed by atoms with van der Waals surface area (Å²) in [6.45, 7) is 2.23. The van der Waals surface area contributed by atoms with E-state index < -0.39 is 5.97 Å². The van der Waals surface area contributed by atoms with Crippen LogP contribution in [0.4, 0.5) is 0 Å². The molecule has 0 aliphatic rings. The lowest BCUT2D eigenvalue weighted by molar-refractivity contribution is -0.121. The normalized spacial score (nSPS) is 10.9. The number of nitrogens with one attached hydrogen (secondary N) is 1. The Morgan fingerprint density at radius 3 is 2.09 bits per heavy atom. The van der Waals surface area contributed by atoms with E-state index in [2.05, 4.69) is 17.5 Å². The molecule has 172 valence electrons. The van der Waals surface area contributed by atoms with Gasteiger partial charge in [0.25, 0.3) is 0 Å². The second kappa shape index (κ2) is 15.2. The zero-order chi connectivity index (χ0) is 23.0. The van der Waals surface area contributed by atoms with Crippen molar-refractivity contribution in [2.75, 3.05) is 0 Å². The maximum absolute atomic E-state index is 12.1. The number of ether oxygens (including phenoxy) is 1. The molecule has 1 N–H and O–H groups in total. The van der Waals surface area contributed by atoms with Crippen LogP contribution in [0.3, 0.4) is 0 Å². The van der Waals surface area contributed by atoms with Crippen LogP contribution in [0.2, 0.25) is 5.02 Å². The van der Waals surface area contributed by atoms with E-state index in [9.17, 15) is 9.59 Å². The Hall–Kier alpha value is -2.66. The standard InChI is InChI=1S/C26H33ClN2O3/c1-2-3-4-5-6-7-8-9-10-11-25(30)29-28-20-21-12-18-24(19-13-21)32-26(31)22-14-16-23(27)17-15-22/h12-20H,2-11H2,1H3,(H,29,30)/b28-20+. The van der Waals surface area contributed by atoms with Crippen LogP contribution in [0.15, 0.2) is 53.6 Å². The summed E-state index contributed by atoms with van der Waals surface area (Å²) >= 11 is 5.83. The lowest BCUT2D eigenvalue weighted by Gasteiger charge is -2.05. The van der Waals surface area contributed by atoms with E-state index in [0.717, 1.165) is 18.4 Å². The molecule has 0 saturated carbocycles. The number of rotatable bonds is 14. The fraction of sp³-hybridized carbons (Fsp3) is 0.423. The highest BCUT2D eigenvalue weighted by molar-refractivity contribution is 6.30. The van der Waals surface area contributed by atoms with Gasteiger partial charge in [-0.15, -0.1) is 0 Å². The zero-order valence-electron chi connectivity index (χ0n) is 18.8. The molecule has 0 unspecified atom stereocenters. The minimum atomic E-state index is -0.452. The molecular weight excluding hydrogens is 424 g/mol. The number of esters is 1. The van der Waals surface area contributed by atoms with Gasteiger partial charge in [0.2, 0.25) is 5.91 Å². The second-order valence-corrected chi connectivity index (χ2v) is 8.27. The molecule has 0 radical (unpaired) electrons. The third-order valence-corrected chi connectivity index (χ3v) is 5.33. The van der Waals surface area contributed by atoms with Gasteiger partial charge in [-0.05, 0) is 60.5 Å². The highest BCUT2D eigenvalue weighted by atomic mass is 35.5. The lowest BCUT2D eigenvalue weighted by atomic mass is 10.1. The first kappa shape index (κ1) is 25.6. The van der Waals surface area contributed by atoms with Crippen molar-refractivity contribution < 1.29 is 14.3 Å². The second-order valence-electron chi connectivity index (χ2n) is 7.84. The first-order valence-electron chi connectivity index (χ1n) is 11.5. The number of hydrogen-bond acceptors (Lipinski definition) is 4. The maximum atomic E-state index is 12.1. The number of hydrazone groups is 1. The molecule has 0 atom stereocenters. The number of nitrogens with zero attached hydrogens (tertiary/aromatic N) is 1. The average Bonchev–Trinajstić information content (AvgIpc) is 2.79. The summed E-state index contributed by atoms with van der Waals surface area (Å²) in [7, 11) is 0. The van der Waals surface area contributed by atoms with Gasteiger partial charge in [-0.25, -0.2) is 10.2 Å². The van der Waals surface area contributed by atoms with Crippen molar-refractivity contribution in [1.29, 1.82) is 0 Å². The smallest absolute Gasteiger partial charge is 0.343 e. The predicted octanol–water partition coefficient (Wildman–Crippen LogP) is 6.93. The Morgan fingerprint density at radius 1 is 0.875 bits per heavy atom. The Labute approximate surface area is 196 Å². The van der Waals surface area contributed by atoms with Crippen LogP contribution in [-0.4, -0.2) is 18.1 Å². The van der Waals surface area contributed by atoms with E-state index in [0.29, 0.717) is 22.8 Å². The van der Waals surface area contributed by atoms with Gasteiger partial charge in [-0.2, -0.15) is 5.10 Å². The van der Waals surface area contributed by atoms with Crippen molar-refractivity contribution >= 4 is 29.7 Å². The fourth-order valence-electron chi connectivity index (χ4n) is 3.20. The minimum Gasteiger partial charge on any atom is -0.423 e. The summed E-state index contributed by atoms with van der Waals surface area (Å²) in [6.07, 6.45) is 13.1. The van der Waals surface area contributed by atoms with Crippen molar-refractivity contribution in [2.24, 2.45) is 5.10 Å². The zero-order valence-corrected chi connectivity index (χ0v) is 19.6. The number of carbonyl (C=O) groups excluding carboxylic acids is 2. The van der Waals surface area contributed by atoms with E-state index in [1.54, 1.807) is 54.7 Å². The van der Waals surface area contributed by atoms with Gasteiger partial charge in [-0.3, -0.25) is 4.79 Å². The molecule has 0 heterocycles. The molecule has 0 aliphatic heterocycles. The average molecular weight is 457 g/mol. The molecule has 2 rings (SSSR count). The molecule has 2 aromatic carbocycles. The third-order valence-electron chi connectivity index (χ3n) is 5.08. The van der Waals surface area contributed by atoms with Gasteiger partial charge < -0.3 is 4.74 Å². The van der Waals surface area contributed by atoms with Crippen LogP contribution in [-0.2, 0) is 4.79 Å². The first-order chi connectivity index (χ1) is 15.6. The molecule has 0 bridgehead atoms. The predicted molar refractivity (Wildman–Crippen MR) is 130 cm³/mol. The van der Waals surface area contributed by atoms with Crippen molar-refractivity contribution in [3.63, 3.8) is 0 Å². The van der Waals surface area contributed by atoms with E-state index in [4.69, 9.17) is 16.3 Å². The maximum Gasteiger partial charge on any atom is 0.343 e. The Morgan fingerprint density at radius 2 is 1.47 bits per heavy atom. The third kappa shape index (κ3) is 10.6. The molecular formula is C26H33ClN2O3. The quantitative estimate of drug-likeness (QED) is 0.110. The number of amides is 1. The fourth-order valence-corrected chi connectivity index (χ4v) is 3.33. The molecule has 0 saturated heterocycles. The molecule has 5 nitrogen and oxygen atoms in total. The number of benzene rings is 2. The molecule has 32 heavy (non-hydrogen) atoms. The Kier molecular flexibility index (Phi) is 12.2. The summed E-state index contributed by atoms with van der Waals surface area (Å²) < 4.78 is 5.34. The SMILES string of the molecule is CCCCCCCCCCCC(=O)N/N=C/c1ccc(OC(=O)c2ccc(Cl)cc2)cc1. The summed E-state index contributed by atoms with van der Waals surface area (Å²) in [5, 5.41) is 4.56. The Balaban J connectivity index is 1.61. The van der Waals surface area contributed by atoms with Crippen LogP contribution >= 0.6 is 11.6 Å². The topological polar surface area (TPSA) is 67.8 Å². The van der Waals surface area contributed by atoms with Crippen LogP contribution in [0.5, 0.6) is 5.75 Å². The van der Waals surface area contributed by atoms with Crippen molar-refractivity contribution in [2.45, 2.75) is 71.1 Å². The van der Waals surface area contributed by atoms with Crippen LogP contribution in [0.25, 0.3) is 0 Å². The van der Waals surface area contributed by atoms with Gasteiger partial charge in [-0.1, -0.05) is 69.9 Å². The number of hydrogen-bond donors (Lipinski definition) is 1. The summed E-state index contributed by atoms with van der Waals surface area (Å²) in [5.74, 6) is -0.0963. The highest BCUT2D eigenvalue weighted by Gasteiger charge is 2.08. The van der Waals surface area contributed by atoms with Gasteiger partial charge in [0, 0.05) is 11.4 Å². The molecule has 0 aromatic heterocycles. The summed E-state index contributed by atoms with van der Waals surface area (Å²) in [4.78, 5) is 24.0. The largest absolute Gasteiger partial charge is 0.423 e. The molecule has 6 heteroatoms. The highest BCUT2D eigenvalue weighted by Crippen LogP contribution is 2.15. The van der Waals surface area contributed by atoms with Crippen molar-refractivity contribution in [1.82, 2.24) is 5.43 Å². The van der Waals surface area contributed by atoms with Crippen molar-refractivity contribution in [3.8, 4) is 5.75 Å². The lowest BCUT2D eigenvalue weighted by Crippen LogP contribution is -2.16. The van der Waals surface area contributed by atoms with Gasteiger partial charge in [0.1, 0.15) is 5.75 Å². The van der Waals surface area contributed by atoms with Gasteiger partial charge >= 0.3 is 5.97 Å². The summed E-state index contributed by atoms with van der Waals surface area (Å²) in [5.41, 5.74) is 3.78. The van der Waals surface area contributed by atoms with Crippen molar-refractivity contribution in [3.05, 3.63) is 64.7 Å². The van der Waals surface area contributed by atoms with Crippen LogP contribution < -0.4 is 10.2 Å². The van der Waals surface area contributed by atoms with Gasteiger partial charge in [0.05, 0.1) is 11.8 Å². The monoisotopic (exact) mass is 456 g/mol. The summed E-state index contributed by atoms with van der Waals surface area (Å²) in [6, 6.07) is 13.4. The molecule has 0 spiro atoms. The number of carbonyl (C=O) groups is 2. The van der Waals surface area contributed by atoms with Crippen LogP contribution in [0, 0.1) is 0 Å². The molecule has 1 amide bonds. The minimum absolute atomic E-state index is 0.0716. The molecule has 0 fully saturated rings. The van der Waals surface area contributed by atoms with Gasteiger partial charge in [0.15, 0.2) is 0 Å². The Bertz CT molecular complexity index is 848. The van der Waals surface area contributed by atoms with E-state index in [1.807, 2.05) is 0 Å². The number of unbranched alkanes of at least 4 members (excludes halogenated alkanes) is 8.